The Morgan fingerprint density at radius 3 is 2.75 bits per heavy atom. The first-order chi connectivity index (χ1) is 9.49. The van der Waals surface area contributed by atoms with Crippen LogP contribution in [0.3, 0.4) is 0 Å². The van der Waals surface area contributed by atoms with Crippen LogP contribution in [0.15, 0.2) is 29.7 Å². The molecule has 4 nitrogen and oxygen atoms in total. The van der Waals surface area contributed by atoms with Crippen molar-refractivity contribution < 1.29 is 9.94 Å². The molecule has 1 aliphatic carbocycles. The molecule has 0 saturated heterocycles. The van der Waals surface area contributed by atoms with Crippen LogP contribution in [0.25, 0.3) is 0 Å². The Hall–Kier alpha value is -1.71. The Morgan fingerprint density at radius 1 is 1.45 bits per heavy atom. The van der Waals surface area contributed by atoms with Crippen LogP contribution >= 0.6 is 0 Å². The highest BCUT2D eigenvalue weighted by Crippen LogP contribution is 2.45. The molecule has 0 radical (unpaired) electrons. The first-order valence-corrected chi connectivity index (χ1v) is 7.11. The van der Waals surface area contributed by atoms with Crippen molar-refractivity contribution in [3.63, 3.8) is 0 Å². The van der Waals surface area contributed by atoms with Crippen LogP contribution in [0.4, 0.5) is 0 Å². The highest BCUT2D eigenvalue weighted by Gasteiger charge is 2.36. The summed E-state index contributed by atoms with van der Waals surface area (Å²) in [7, 11) is 1.44. The molecule has 1 heterocycles. The zero-order chi connectivity index (χ0) is 14.9. The van der Waals surface area contributed by atoms with Crippen LogP contribution in [0.5, 0.6) is 5.75 Å². The Kier molecular flexibility index (Phi) is 4.21. The second kappa shape index (κ2) is 5.73. The third-order valence-electron chi connectivity index (χ3n) is 4.43. The van der Waals surface area contributed by atoms with Crippen molar-refractivity contribution in [2.45, 2.75) is 32.6 Å². The zero-order valence-corrected chi connectivity index (χ0v) is 12.4. The molecule has 0 aromatic carbocycles. The second-order valence-electron chi connectivity index (χ2n) is 5.91. The average Bonchev–Trinajstić information content (AvgIpc) is 2.40. The molecule has 1 saturated carbocycles. The smallest absolute Gasteiger partial charge is 0.290 e. The SMILES string of the molecule is C=CC1CC(C)CC(C)C1c1c(O)ccn(OC)c1=O. The molecular formula is C16H23NO3. The Bertz CT molecular complexity index is 549. The van der Waals surface area contributed by atoms with Crippen LogP contribution < -0.4 is 10.4 Å². The maximum atomic E-state index is 12.5. The van der Waals surface area contributed by atoms with E-state index in [1.807, 2.05) is 6.08 Å². The number of nitrogens with zero attached hydrogens (tertiary/aromatic N) is 1. The number of rotatable bonds is 3. The largest absolute Gasteiger partial charge is 0.507 e. The van der Waals surface area contributed by atoms with Gasteiger partial charge in [0.1, 0.15) is 12.9 Å². The number of aromatic hydroxyl groups is 1. The van der Waals surface area contributed by atoms with Gasteiger partial charge in [0, 0.05) is 12.0 Å². The maximum absolute atomic E-state index is 12.5. The molecule has 4 atom stereocenters. The lowest BCUT2D eigenvalue weighted by Gasteiger charge is -2.38. The summed E-state index contributed by atoms with van der Waals surface area (Å²) in [6.45, 7) is 8.27. The third kappa shape index (κ3) is 2.47. The molecule has 20 heavy (non-hydrogen) atoms. The van der Waals surface area contributed by atoms with Gasteiger partial charge in [0.15, 0.2) is 0 Å². The van der Waals surface area contributed by atoms with E-state index < -0.39 is 0 Å². The summed E-state index contributed by atoms with van der Waals surface area (Å²) in [5, 5.41) is 10.2. The van der Waals surface area contributed by atoms with E-state index in [2.05, 4.69) is 20.4 Å². The predicted octanol–water partition coefficient (Wildman–Crippen LogP) is 2.56. The Morgan fingerprint density at radius 2 is 2.15 bits per heavy atom. The highest BCUT2D eigenvalue weighted by atomic mass is 16.6. The fourth-order valence-electron chi connectivity index (χ4n) is 3.63. The van der Waals surface area contributed by atoms with Gasteiger partial charge in [-0.25, -0.2) is 0 Å². The van der Waals surface area contributed by atoms with Gasteiger partial charge in [0.25, 0.3) is 5.56 Å². The van der Waals surface area contributed by atoms with Crippen molar-refractivity contribution in [3.8, 4) is 5.75 Å². The van der Waals surface area contributed by atoms with Gasteiger partial charge < -0.3 is 9.94 Å². The van der Waals surface area contributed by atoms with Crippen molar-refractivity contribution in [1.82, 2.24) is 4.73 Å². The molecular weight excluding hydrogens is 254 g/mol. The van der Waals surface area contributed by atoms with Gasteiger partial charge in [0.2, 0.25) is 0 Å². The van der Waals surface area contributed by atoms with E-state index in [0.29, 0.717) is 17.4 Å². The molecule has 1 aromatic heterocycles. The topological polar surface area (TPSA) is 51.5 Å². The monoisotopic (exact) mass is 277 g/mol. The molecule has 2 rings (SSSR count). The predicted molar refractivity (Wildman–Crippen MR) is 78.9 cm³/mol. The van der Waals surface area contributed by atoms with Crippen LogP contribution in [0.1, 0.15) is 38.2 Å². The minimum atomic E-state index is -0.272. The van der Waals surface area contributed by atoms with Crippen molar-refractivity contribution in [2.24, 2.45) is 17.8 Å². The summed E-state index contributed by atoms with van der Waals surface area (Å²) < 4.78 is 1.17. The molecule has 0 amide bonds. The standard InChI is InChI=1S/C16H23NO3/c1-5-12-9-10(2)8-11(3)14(12)15-13(18)6-7-17(20-4)16(15)19/h5-7,10-12,14,18H,1,8-9H2,2-4H3. The van der Waals surface area contributed by atoms with Gasteiger partial charge >= 0.3 is 0 Å². The Labute approximate surface area is 119 Å². The quantitative estimate of drug-likeness (QED) is 0.864. The van der Waals surface area contributed by atoms with Crippen LogP contribution in [-0.2, 0) is 0 Å². The van der Waals surface area contributed by atoms with Crippen LogP contribution in [0.2, 0.25) is 0 Å². The highest BCUT2D eigenvalue weighted by molar-refractivity contribution is 5.34. The molecule has 110 valence electrons. The third-order valence-corrected chi connectivity index (χ3v) is 4.43. The molecule has 1 aliphatic rings. The zero-order valence-electron chi connectivity index (χ0n) is 12.4. The van der Waals surface area contributed by atoms with E-state index in [1.54, 1.807) is 0 Å². The molecule has 4 heteroatoms. The van der Waals surface area contributed by atoms with E-state index in [1.165, 1.54) is 24.1 Å². The number of aromatic nitrogens is 1. The second-order valence-corrected chi connectivity index (χ2v) is 5.91. The van der Waals surface area contributed by atoms with E-state index in [9.17, 15) is 9.90 Å². The van der Waals surface area contributed by atoms with Crippen molar-refractivity contribution in [2.75, 3.05) is 7.11 Å². The molecule has 1 aromatic rings. The lowest BCUT2D eigenvalue weighted by molar-refractivity contribution is 0.149. The average molecular weight is 277 g/mol. The van der Waals surface area contributed by atoms with Crippen molar-refractivity contribution in [3.05, 3.63) is 40.8 Å². The van der Waals surface area contributed by atoms with Crippen molar-refractivity contribution >= 4 is 0 Å². The lowest BCUT2D eigenvalue weighted by atomic mass is 9.66. The minimum Gasteiger partial charge on any atom is -0.507 e. The van der Waals surface area contributed by atoms with Crippen LogP contribution in [0, 0.1) is 17.8 Å². The lowest BCUT2D eigenvalue weighted by Crippen LogP contribution is -2.35. The van der Waals surface area contributed by atoms with Gasteiger partial charge in [-0.3, -0.25) is 4.79 Å². The minimum absolute atomic E-state index is 0.00111. The van der Waals surface area contributed by atoms with Crippen LogP contribution in [-0.4, -0.2) is 16.9 Å². The summed E-state index contributed by atoms with van der Waals surface area (Å²) in [5.41, 5.74) is 0.185. The first-order valence-electron chi connectivity index (χ1n) is 7.11. The Balaban J connectivity index is 2.53. The van der Waals surface area contributed by atoms with E-state index in [0.717, 1.165) is 12.8 Å². The summed E-state index contributed by atoms with van der Waals surface area (Å²) in [5.74, 6) is 1.20. The normalized spacial score (nSPS) is 29.9. The number of allylic oxidation sites excluding steroid dienone is 1. The number of pyridine rings is 1. The summed E-state index contributed by atoms with van der Waals surface area (Å²) in [6.07, 6.45) is 5.41. The van der Waals surface area contributed by atoms with Gasteiger partial charge in [-0.15, -0.1) is 6.58 Å². The van der Waals surface area contributed by atoms with Gasteiger partial charge in [0.05, 0.1) is 11.8 Å². The molecule has 0 bridgehead atoms. The summed E-state index contributed by atoms with van der Waals surface area (Å²) in [6, 6.07) is 1.52. The first kappa shape index (κ1) is 14.7. The fourth-order valence-corrected chi connectivity index (χ4v) is 3.63. The van der Waals surface area contributed by atoms with Crippen molar-refractivity contribution in [1.29, 1.82) is 0 Å². The van der Waals surface area contributed by atoms with Gasteiger partial charge in [-0.05, 0) is 30.6 Å². The number of hydrogen-bond donors (Lipinski definition) is 1. The van der Waals surface area contributed by atoms with Gasteiger partial charge in [-0.1, -0.05) is 19.9 Å². The maximum Gasteiger partial charge on any atom is 0.290 e. The van der Waals surface area contributed by atoms with E-state index in [4.69, 9.17) is 4.84 Å². The summed E-state index contributed by atoms with van der Waals surface area (Å²) >= 11 is 0. The fraction of sp³-hybridized carbons (Fsp3) is 0.562. The summed E-state index contributed by atoms with van der Waals surface area (Å²) in [4.78, 5) is 17.5. The van der Waals surface area contributed by atoms with E-state index in [-0.39, 0.29) is 23.1 Å². The van der Waals surface area contributed by atoms with E-state index >= 15 is 0 Å². The number of hydrogen-bond acceptors (Lipinski definition) is 3. The molecule has 0 spiro atoms. The molecule has 4 unspecified atom stereocenters. The molecule has 1 fully saturated rings. The molecule has 0 aliphatic heterocycles. The van der Waals surface area contributed by atoms with Gasteiger partial charge in [-0.2, -0.15) is 4.73 Å². The molecule has 1 N–H and O–H groups in total.